The number of aromatic nitrogens is 1. The molecule has 1 fully saturated rings. The first-order chi connectivity index (χ1) is 15.4. The molecular formula is C22H19ClN4O4S. The smallest absolute Gasteiger partial charge is 0.261 e. The normalized spacial score (nSPS) is 17.7. The lowest BCUT2D eigenvalue weighted by atomic mass is 10.1. The van der Waals surface area contributed by atoms with E-state index >= 15 is 0 Å². The maximum Gasteiger partial charge on any atom is 0.261 e. The molecule has 164 valence electrons. The number of likely N-dealkylation sites (tertiary alicyclic amines) is 1. The van der Waals surface area contributed by atoms with Crippen molar-refractivity contribution in [2.24, 2.45) is 0 Å². The molecule has 0 aliphatic carbocycles. The molecule has 10 heteroatoms. The molecule has 3 amide bonds. The molecule has 1 unspecified atom stereocenters. The van der Waals surface area contributed by atoms with Gasteiger partial charge in [-0.3, -0.25) is 23.7 Å². The summed E-state index contributed by atoms with van der Waals surface area (Å²) in [6.07, 6.45) is 2.57. The molecule has 0 saturated carbocycles. The second-order valence-electron chi connectivity index (χ2n) is 7.27. The highest BCUT2D eigenvalue weighted by Crippen LogP contribution is 2.23. The molecule has 0 spiro atoms. The molecule has 3 aromatic rings. The zero-order valence-corrected chi connectivity index (χ0v) is 18.3. The number of hydrogen-bond acceptors (Lipinski definition) is 5. The summed E-state index contributed by atoms with van der Waals surface area (Å²) >= 11 is 7.04. The van der Waals surface area contributed by atoms with E-state index in [0.29, 0.717) is 33.4 Å². The lowest BCUT2D eigenvalue weighted by Gasteiger charge is -2.18. The SMILES string of the molecule is O=CN1CC(NC(=O)c2ccc(Cl)s2)C[C@H]1C(=O)Nc1ccc(-n2ccccc2=O)cc1. The van der Waals surface area contributed by atoms with Crippen LogP contribution in [0.1, 0.15) is 16.1 Å². The van der Waals surface area contributed by atoms with Gasteiger partial charge in [-0.15, -0.1) is 11.3 Å². The molecule has 1 aliphatic heterocycles. The number of carbonyl (C=O) groups is 3. The van der Waals surface area contributed by atoms with E-state index in [-0.39, 0.29) is 30.0 Å². The first kappa shape index (κ1) is 21.8. The quantitative estimate of drug-likeness (QED) is 0.540. The van der Waals surface area contributed by atoms with E-state index in [1.165, 1.54) is 15.5 Å². The molecule has 1 aromatic carbocycles. The number of carbonyl (C=O) groups excluding carboxylic acids is 3. The number of nitrogens with one attached hydrogen (secondary N) is 2. The first-order valence-electron chi connectivity index (χ1n) is 9.81. The minimum absolute atomic E-state index is 0.158. The largest absolute Gasteiger partial charge is 0.347 e. The van der Waals surface area contributed by atoms with Crippen LogP contribution in [-0.4, -0.2) is 46.3 Å². The molecule has 0 bridgehead atoms. The Morgan fingerprint density at radius 3 is 2.53 bits per heavy atom. The first-order valence-corrected chi connectivity index (χ1v) is 11.0. The number of rotatable bonds is 6. The third kappa shape index (κ3) is 4.74. The van der Waals surface area contributed by atoms with Crippen molar-refractivity contribution < 1.29 is 14.4 Å². The molecule has 8 nitrogen and oxygen atoms in total. The van der Waals surface area contributed by atoms with Crippen molar-refractivity contribution in [1.82, 2.24) is 14.8 Å². The van der Waals surface area contributed by atoms with Crippen molar-refractivity contribution in [2.75, 3.05) is 11.9 Å². The van der Waals surface area contributed by atoms with Gasteiger partial charge < -0.3 is 15.5 Å². The molecule has 2 aromatic heterocycles. The zero-order chi connectivity index (χ0) is 22.7. The van der Waals surface area contributed by atoms with Crippen LogP contribution < -0.4 is 16.2 Å². The third-order valence-electron chi connectivity index (χ3n) is 5.15. The minimum Gasteiger partial charge on any atom is -0.347 e. The van der Waals surface area contributed by atoms with Gasteiger partial charge in [0.1, 0.15) is 6.04 Å². The van der Waals surface area contributed by atoms with Gasteiger partial charge in [-0.25, -0.2) is 0 Å². The van der Waals surface area contributed by atoms with Crippen LogP contribution in [0, 0.1) is 0 Å². The highest BCUT2D eigenvalue weighted by molar-refractivity contribution is 7.18. The molecule has 4 rings (SSSR count). The van der Waals surface area contributed by atoms with E-state index in [1.54, 1.807) is 54.7 Å². The Morgan fingerprint density at radius 1 is 1.09 bits per heavy atom. The fraction of sp³-hybridized carbons (Fsp3) is 0.182. The van der Waals surface area contributed by atoms with Crippen LogP contribution >= 0.6 is 22.9 Å². The molecule has 32 heavy (non-hydrogen) atoms. The molecule has 3 heterocycles. The Balaban J connectivity index is 1.40. The van der Waals surface area contributed by atoms with Gasteiger partial charge in [-0.2, -0.15) is 0 Å². The molecule has 1 saturated heterocycles. The van der Waals surface area contributed by atoms with Gasteiger partial charge in [0.15, 0.2) is 0 Å². The maximum atomic E-state index is 12.8. The van der Waals surface area contributed by atoms with Crippen LogP contribution in [0.5, 0.6) is 0 Å². The number of hydrogen-bond donors (Lipinski definition) is 2. The van der Waals surface area contributed by atoms with Gasteiger partial charge >= 0.3 is 0 Å². The number of pyridine rings is 1. The third-order valence-corrected chi connectivity index (χ3v) is 6.37. The van der Waals surface area contributed by atoms with Crippen LogP contribution in [0.3, 0.4) is 0 Å². The lowest BCUT2D eigenvalue weighted by Crippen LogP contribution is -2.38. The molecule has 2 N–H and O–H groups in total. The summed E-state index contributed by atoms with van der Waals surface area (Å²) in [5, 5.41) is 5.65. The number of halogens is 1. The van der Waals surface area contributed by atoms with E-state index in [4.69, 9.17) is 11.6 Å². The summed E-state index contributed by atoms with van der Waals surface area (Å²) in [4.78, 5) is 50.4. The molecule has 2 atom stereocenters. The van der Waals surface area contributed by atoms with Crippen LogP contribution in [0.4, 0.5) is 5.69 Å². The highest BCUT2D eigenvalue weighted by Gasteiger charge is 2.37. The zero-order valence-electron chi connectivity index (χ0n) is 16.7. The Hall–Kier alpha value is -3.43. The standard InChI is InChI=1S/C22H19ClN4O4S/c23-19-9-8-18(32-19)22(31)25-15-11-17(26(12-15)13-28)21(30)24-14-4-6-16(7-5-14)27-10-2-1-3-20(27)29/h1-10,13,15,17H,11-12H2,(H,24,30)(H,25,31)/t15?,17-/m0/s1. The van der Waals surface area contributed by atoms with Crippen LogP contribution in [-0.2, 0) is 9.59 Å². The van der Waals surface area contributed by atoms with Crippen LogP contribution in [0.25, 0.3) is 5.69 Å². The predicted octanol–water partition coefficient (Wildman–Crippen LogP) is 2.52. The van der Waals surface area contributed by atoms with E-state index in [2.05, 4.69) is 10.6 Å². The number of nitrogens with zero attached hydrogens (tertiary/aromatic N) is 2. The summed E-state index contributed by atoms with van der Waals surface area (Å²) in [6, 6.07) is 13.9. The number of anilines is 1. The summed E-state index contributed by atoms with van der Waals surface area (Å²) in [5.74, 6) is -0.636. The van der Waals surface area contributed by atoms with Gasteiger partial charge in [0, 0.05) is 36.2 Å². The fourth-order valence-corrected chi connectivity index (χ4v) is 4.55. The average molecular weight is 471 g/mol. The Morgan fingerprint density at radius 2 is 1.88 bits per heavy atom. The molecule has 0 radical (unpaired) electrons. The van der Waals surface area contributed by atoms with Crippen molar-refractivity contribution in [1.29, 1.82) is 0 Å². The van der Waals surface area contributed by atoms with Gasteiger partial charge in [0.05, 0.1) is 9.21 Å². The summed E-state index contributed by atoms with van der Waals surface area (Å²) in [5.41, 5.74) is 1.05. The average Bonchev–Trinajstić information content (AvgIpc) is 3.41. The second kappa shape index (κ2) is 9.37. The van der Waals surface area contributed by atoms with Crippen molar-refractivity contribution in [2.45, 2.75) is 18.5 Å². The number of benzene rings is 1. The minimum atomic E-state index is -0.707. The number of amides is 3. The monoisotopic (exact) mass is 470 g/mol. The van der Waals surface area contributed by atoms with E-state index in [1.807, 2.05) is 0 Å². The maximum absolute atomic E-state index is 12.8. The Bertz CT molecular complexity index is 1210. The lowest BCUT2D eigenvalue weighted by molar-refractivity contribution is -0.127. The van der Waals surface area contributed by atoms with Crippen LogP contribution in [0.2, 0.25) is 4.34 Å². The van der Waals surface area contributed by atoms with Crippen molar-refractivity contribution in [3.05, 3.63) is 80.4 Å². The van der Waals surface area contributed by atoms with Gasteiger partial charge in [0.2, 0.25) is 12.3 Å². The highest BCUT2D eigenvalue weighted by atomic mass is 35.5. The predicted molar refractivity (Wildman–Crippen MR) is 122 cm³/mol. The Kier molecular flexibility index (Phi) is 6.38. The van der Waals surface area contributed by atoms with Crippen molar-refractivity contribution in [3.63, 3.8) is 0 Å². The van der Waals surface area contributed by atoms with Crippen molar-refractivity contribution in [3.8, 4) is 5.69 Å². The molecule has 1 aliphatic rings. The topological polar surface area (TPSA) is 101 Å². The second-order valence-corrected chi connectivity index (χ2v) is 8.99. The van der Waals surface area contributed by atoms with Gasteiger partial charge in [-0.1, -0.05) is 17.7 Å². The molecular weight excluding hydrogens is 452 g/mol. The summed E-state index contributed by atoms with van der Waals surface area (Å²) < 4.78 is 2.00. The van der Waals surface area contributed by atoms with E-state index < -0.39 is 6.04 Å². The van der Waals surface area contributed by atoms with Crippen molar-refractivity contribution >= 4 is 46.8 Å². The van der Waals surface area contributed by atoms with Gasteiger partial charge in [0.25, 0.3) is 11.5 Å². The van der Waals surface area contributed by atoms with Gasteiger partial charge in [-0.05, 0) is 48.9 Å². The Labute approximate surface area is 192 Å². The van der Waals surface area contributed by atoms with E-state index in [9.17, 15) is 19.2 Å². The fourth-order valence-electron chi connectivity index (χ4n) is 3.60. The summed E-state index contributed by atoms with van der Waals surface area (Å²) in [7, 11) is 0. The van der Waals surface area contributed by atoms with E-state index in [0.717, 1.165) is 11.3 Å². The van der Waals surface area contributed by atoms with Crippen LogP contribution in [0.15, 0.2) is 65.6 Å². The summed E-state index contributed by atoms with van der Waals surface area (Å²) in [6.45, 7) is 0.238. The number of thiophene rings is 1.